The van der Waals surface area contributed by atoms with E-state index in [0.717, 1.165) is 24.9 Å². The van der Waals surface area contributed by atoms with Crippen molar-refractivity contribution in [3.05, 3.63) is 42.5 Å². The Morgan fingerprint density at radius 2 is 1.96 bits per heavy atom. The molecule has 7 nitrogen and oxygen atoms in total. The van der Waals surface area contributed by atoms with Crippen molar-refractivity contribution in [2.24, 2.45) is 11.8 Å². The van der Waals surface area contributed by atoms with Gasteiger partial charge in [0.15, 0.2) is 0 Å². The lowest BCUT2D eigenvalue weighted by atomic mass is 9.94. The molecule has 1 saturated heterocycles. The third kappa shape index (κ3) is 2.36. The number of fused-ring (bicyclic) bond motifs is 1. The summed E-state index contributed by atoms with van der Waals surface area (Å²) in [5.41, 5.74) is 0.803. The van der Waals surface area contributed by atoms with Gasteiger partial charge in [0.05, 0.1) is 5.69 Å². The number of likely N-dealkylation sites (tertiary alicyclic amines) is 1. The number of carbonyl (C=O) groups is 2. The summed E-state index contributed by atoms with van der Waals surface area (Å²) in [5, 5.41) is 13.8. The van der Waals surface area contributed by atoms with Gasteiger partial charge in [-0.3, -0.25) is 4.79 Å². The molecular formula is C17H18N4O3. The average Bonchev–Trinajstić information content (AvgIpc) is 3.29. The van der Waals surface area contributed by atoms with Crippen molar-refractivity contribution < 1.29 is 14.7 Å². The van der Waals surface area contributed by atoms with Crippen LogP contribution in [0.4, 0.5) is 0 Å². The maximum Gasteiger partial charge on any atom is 0.326 e. The highest BCUT2D eigenvalue weighted by Gasteiger charge is 2.50. The summed E-state index contributed by atoms with van der Waals surface area (Å²) >= 11 is 0. The SMILES string of the molecule is O=C(O)C1C2CCCC2CN1C(=O)c1ncn(-c2ccccc2)n1. The molecular weight excluding hydrogens is 308 g/mol. The molecule has 2 fully saturated rings. The number of carboxylic acid groups (broad SMARTS) is 1. The molecule has 0 bridgehead atoms. The molecule has 1 aromatic carbocycles. The summed E-state index contributed by atoms with van der Waals surface area (Å²) < 4.78 is 1.53. The number of benzene rings is 1. The predicted molar refractivity (Wildman–Crippen MR) is 84.7 cm³/mol. The highest BCUT2D eigenvalue weighted by atomic mass is 16.4. The monoisotopic (exact) mass is 326 g/mol. The lowest BCUT2D eigenvalue weighted by Crippen LogP contribution is -2.43. The molecule has 2 heterocycles. The molecule has 1 aliphatic carbocycles. The summed E-state index contributed by atoms with van der Waals surface area (Å²) in [5.74, 6) is -0.939. The Bertz CT molecular complexity index is 773. The van der Waals surface area contributed by atoms with Gasteiger partial charge in [0.2, 0.25) is 5.82 Å². The van der Waals surface area contributed by atoms with Gasteiger partial charge in [-0.05, 0) is 36.8 Å². The van der Waals surface area contributed by atoms with Crippen LogP contribution in [0, 0.1) is 11.8 Å². The first-order chi connectivity index (χ1) is 11.6. The zero-order valence-electron chi connectivity index (χ0n) is 13.1. The van der Waals surface area contributed by atoms with Crippen LogP contribution in [0.15, 0.2) is 36.7 Å². The lowest BCUT2D eigenvalue weighted by Gasteiger charge is -2.23. The van der Waals surface area contributed by atoms with Gasteiger partial charge in [0.1, 0.15) is 12.4 Å². The van der Waals surface area contributed by atoms with Crippen LogP contribution in [0.2, 0.25) is 0 Å². The van der Waals surface area contributed by atoms with E-state index in [9.17, 15) is 14.7 Å². The average molecular weight is 326 g/mol. The normalized spacial score (nSPS) is 25.7. The van der Waals surface area contributed by atoms with Crippen molar-refractivity contribution in [1.29, 1.82) is 0 Å². The fourth-order valence-corrected chi connectivity index (χ4v) is 4.03. The Morgan fingerprint density at radius 3 is 2.71 bits per heavy atom. The molecule has 124 valence electrons. The highest BCUT2D eigenvalue weighted by Crippen LogP contribution is 2.42. The Labute approximate surface area is 138 Å². The van der Waals surface area contributed by atoms with Gasteiger partial charge < -0.3 is 10.0 Å². The van der Waals surface area contributed by atoms with Crippen molar-refractivity contribution in [3.8, 4) is 5.69 Å². The first-order valence-electron chi connectivity index (χ1n) is 8.16. The maximum absolute atomic E-state index is 12.8. The molecule has 0 spiro atoms. The van der Waals surface area contributed by atoms with Crippen LogP contribution in [0.3, 0.4) is 0 Å². The molecule has 0 radical (unpaired) electrons. The van der Waals surface area contributed by atoms with Crippen LogP contribution in [0.1, 0.15) is 29.9 Å². The Balaban J connectivity index is 1.60. The van der Waals surface area contributed by atoms with E-state index in [-0.39, 0.29) is 17.7 Å². The number of carboxylic acids is 1. The van der Waals surface area contributed by atoms with Crippen LogP contribution in [-0.2, 0) is 4.79 Å². The van der Waals surface area contributed by atoms with Gasteiger partial charge in [-0.15, -0.1) is 5.10 Å². The molecule has 24 heavy (non-hydrogen) atoms. The van der Waals surface area contributed by atoms with E-state index in [0.29, 0.717) is 6.54 Å². The summed E-state index contributed by atoms with van der Waals surface area (Å²) in [7, 11) is 0. The van der Waals surface area contributed by atoms with Crippen LogP contribution in [0.25, 0.3) is 5.69 Å². The molecule has 4 rings (SSSR count). The number of hydrogen-bond acceptors (Lipinski definition) is 4. The summed E-state index contributed by atoms with van der Waals surface area (Å²) in [4.78, 5) is 30.0. The first-order valence-corrected chi connectivity index (χ1v) is 8.16. The summed E-state index contributed by atoms with van der Waals surface area (Å²) in [6, 6.07) is 8.62. The highest BCUT2D eigenvalue weighted by molar-refractivity contribution is 5.94. The minimum Gasteiger partial charge on any atom is -0.480 e. The third-order valence-electron chi connectivity index (χ3n) is 5.11. The summed E-state index contributed by atoms with van der Waals surface area (Å²) in [6.07, 6.45) is 4.39. The molecule has 7 heteroatoms. The van der Waals surface area contributed by atoms with E-state index in [1.807, 2.05) is 30.3 Å². The number of nitrogens with zero attached hydrogens (tertiary/aromatic N) is 4. The predicted octanol–water partition coefficient (Wildman–Crippen LogP) is 1.59. The number of rotatable bonds is 3. The molecule has 1 N–H and O–H groups in total. The van der Waals surface area contributed by atoms with Gasteiger partial charge in [0.25, 0.3) is 5.91 Å². The fourth-order valence-electron chi connectivity index (χ4n) is 4.03. The number of amides is 1. The number of carbonyl (C=O) groups excluding carboxylic acids is 1. The Hall–Kier alpha value is -2.70. The summed E-state index contributed by atoms with van der Waals surface area (Å²) in [6.45, 7) is 0.486. The Morgan fingerprint density at radius 1 is 1.17 bits per heavy atom. The zero-order chi connectivity index (χ0) is 16.7. The molecule has 1 aromatic heterocycles. The number of aliphatic carboxylic acids is 1. The first kappa shape index (κ1) is 14.9. The van der Waals surface area contributed by atoms with Crippen LogP contribution in [-0.4, -0.2) is 49.2 Å². The topological polar surface area (TPSA) is 88.3 Å². The molecule has 3 unspecified atom stereocenters. The second-order valence-electron chi connectivity index (χ2n) is 6.44. The molecule has 2 aromatic rings. The van der Waals surface area contributed by atoms with Gasteiger partial charge in [-0.25, -0.2) is 14.5 Å². The maximum atomic E-state index is 12.8. The number of para-hydroxylation sites is 1. The van der Waals surface area contributed by atoms with Gasteiger partial charge in [0, 0.05) is 6.54 Å². The van der Waals surface area contributed by atoms with E-state index in [4.69, 9.17) is 0 Å². The second kappa shape index (κ2) is 5.74. The van der Waals surface area contributed by atoms with E-state index in [2.05, 4.69) is 10.1 Å². The standard InChI is InChI=1S/C17H18N4O3/c22-16(15-18-10-21(19-15)12-6-2-1-3-7-12)20-9-11-5-4-8-13(11)14(20)17(23)24/h1-3,6-7,10-11,13-14H,4-5,8-9H2,(H,23,24). The van der Waals surface area contributed by atoms with E-state index < -0.39 is 17.9 Å². The number of hydrogen-bond donors (Lipinski definition) is 1. The van der Waals surface area contributed by atoms with Gasteiger partial charge in [-0.1, -0.05) is 24.6 Å². The minimum atomic E-state index is -0.930. The smallest absolute Gasteiger partial charge is 0.326 e. The van der Waals surface area contributed by atoms with Crippen molar-refractivity contribution >= 4 is 11.9 Å². The largest absolute Gasteiger partial charge is 0.480 e. The van der Waals surface area contributed by atoms with Crippen LogP contribution < -0.4 is 0 Å². The van der Waals surface area contributed by atoms with Gasteiger partial charge in [-0.2, -0.15) is 0 Å². The van der Waals surface area contributed by atoms with Crippen molar-refractivity contribution in [3.63, 3.8) is 0 Å². The van der Waals surface area contributed by atoms with E-state index >= 15 is 0 Å². The Kier molecular flexibility index (Phi) is 3.55. The third-order valence-corrected chi connectivity index (χ3v) is 5.11. The number of aromatic nitrogens is 3. The van der Waals surface area contributed by atoms with Crippen molar-refractivity contribution in [1.82, 2.24) is 19.7 Å². The minimum absolute atomic E-state index is 0.0464. The van der Waals surface area contributed by atoms with Crippen molar-refractivity contribution in [2.45, 2.75) is 25.3 Å². The zero-order valence-corrected chi connectivity index (χ0v) is 13.1. The second-order valence-corrected chi connectivity index (χ2v) is 6.44. The fraction of sp³-hybridized carbons (Fsp3) is 0.412. The van der Waals surface area contributed by atoms with E-state index in [1.54, 1.807) is 0 Å². The van der Waals surface area contributed by atoms with Crippen LogP contribution in [0.5, 0.6) is 0 Å². The molecule has 1 amide bonds. The molecule has 1 aliphatic heterocycles. The van der Waals surface area contributed by atoms with Gasteiger partial charge >= 0.3 is 5.97 Å². The van der Waals surface area contributed by atoms with E-state index in [1.165, 1.54) is 15.9 Å². The molecule has 3 atom stereocenters. The van der Waals surface area contributed by atoms with Crippen LogP contribution >= 0.6 is 0 Å². The van der Waals surface area contributed by atoms with Crippen molar-refractivity contribution in [2.75, 3.05) is 6.54 Å². The molecule has 2 aliphatic rings. The quantitative estimate of drug-likeness (QED) is 0.925. The molecule has 1 saturated carbocycles. The lowest BCUT2D eigenvalue weighted by molar-refractivity contribution is -0.142.